The number of hydrogen-bond donors (Lipinski definition) is 1. The van der Waals surface area contributed by atoms with Crippen LogP contribution in [0.25, 0.3) is 0 Å². The van der Waals surface area contributed by atoms with Crippen LogP contribution in [0.3, 0.4) is 0 Å². The van der Waals surface area contributed by atoms with Gasteiger partial charge in [-0.3, -0.25) is 5.41 Å². The van der Waals surface area contributed by atoms with Gasteiger partial charge in [-0.2, -0.15) is 15.8 Å². The SMILES string of the molecule is C=C(C)C1CC=C(C2OC34CCC(CCC)CC3C(C#N)(C(=N)O4)C2(C#N)C#N)CC1. The molecule has 162 valence electrons. The maximum absolute atomic E-state index is 10.5. The van der Waals surface area contributed by atoms with E-state index in [2.05, 4.69) is 37.8 Å². The average molecular weight is 419 g/mol. The van der Waals surface area contributed by atoms with E-state index in [9.17, 15) is 15.8 Å². The molecule has 4 aliphatic rings. The van der Waals surface area contributed by atoms with Crippen molar-refractivity contribution < 1.29 is 9.47 Å². The number of nitriles is 3. The Labute approximate surface area is 184 Å². The summed E-state index contributed by atoms with van der Waals surface area (Å²) in [4.78, 5) is 0. The molecule has 2 saturated heterocycles. The second-order valence-electron chi connectivity index (χ2n) is 9.77. The Morgan fingerprint density at radius 2 is 2.00 bits per heavy atom. The van der Waals surface area contributed by atoms with Crippen molar-refractivity contribution in [1.82, 2.24) is 0 Å². The van der Waals surface area contributed by atoms with E-state index < -0.39 is 28.6 Å². The lowest BCUT2D eigenvalue weighted by Crippen LogP contribution is -2.64. The summed E-state index contributed by atoms with van der Waals surface area (Å²) in [6, 6.07) is 6.66. The fourth-order valence-electron chi connectivity index (χ4n) is 6.46. The van der Waals surface area contributed by atoms with Gasteiger partial charge < -0.3 is 9.47 Å². The average Bonchev–Trinajstić information content (AvgIpc) is 2.98. The van der Waals surface area contributed by atoms with E-state index in [1.54, 1.807) is 0 Å². The molecule has 0 amide bonds. The molecule has 0 aromatic rings. The van der Waals surface area contributed by atoms with Crippen LogP contribution in [-0.2, 0) is 9.47 Å². The van der Waals surface area contributed by atoms with Gasteiger partial charge in [0.25, 0.3) is 0 Å². The van der Waals surface area contributed by atoms with Gasteiger partial charge in [-0.15, -0.1) is 0 Å². The first-order valence-corrected chi connectivity index (χ1v) is 11.4. The third-order valence-corrected chi connectivity index (χ3v) is 8.20. The molecule has 6 atom stereocenters. The summed E-state index contributed by atoms with van der Waals surface area (Å²) >= 11 is 0. The number of rotatable bonds is 4. The van der Waals surface area contributed by atoms with E-state index in [0.29, 0.717) is 31.1 Å². The van der Waals surface area contributed by atoms with Crippen molar-refractivity contribution in [1.29, 1.82) is 21.2 Å². The molecule has 2 bridgehead atoms. The van der Waals surface area contributed by atoms with Crippen LogP contribution in [0.2, 0.25) is 0 Å². The highest BCUT2D eigenvalue weighted by Gasteiger charge is 2.81. The Kier molecular flexibility index (Phi) is 5.23. The molecule has 6 nitrogen and oxygen atoms in total. The van der Waals surface area contributed by atoms with Crippen LogP contribution < -0.4 is 0 Å². The molecular weight excluding hydrogens is 388 g/mol. The highest BCUT2D eigenvalue weighted by atomic mass is 16.7. The molecule has 2 aliphatic carbocycles. The summed E-state index contributed by atoms with van der Waals surface area (Å²) in [7, 11) is 0. The molecule has 2 aliphatic heterocycles. The Morgan fingerprint density at radius 3 is 2.55 bits per heavy atom. The van der Waals surface area contributed by atoms with Gasteiger partial charge in [-0.25, -0.2) is 0 Å². The van der Waals surface area contributed by atoms with E-state index in [1.807, 2.05) is 6.92 Å². The van der Waals surface area contributed by atoms with Crippen molar-refractivity contribution in [3.63, 3.8) is 0 Å². The zero-order valence-electron chi connectivity index (χ0n) is 18.4. The second-order valence-corrected chi connectivity index (χ2v) is 9.77. The third-order valence-electron chi connectivity index (χ3n) is 8.20. The Balaban J connectivity index is 1.83. The summed E-state index contributed by atoms with van der Waals surface area (Å²) in [6.45, 7) is 8.22. The minimum atomic E-state index is -1.81. The van der Waals surface area contributed by atoms with Gasteiger partial charge >= 0.3 is 0 Å². The topological polar surface area (TPSA) is 114 Å². The van der Waals surface area contributed by atoms with Gasteiger partial charge in [-0.05, 0) is 56.4 Å². The zero-order valence-corrected chi connectivity index (χ0v) is 18.4. The van der Waals surface area contributed by atoms with E-state index in [4.69, 9.17) is 14.9 Å². The zero-order chi connectivity index (χ0) is 22.4. The number of hydrogen-bond acceptors (Lipinski definition) is 6. The second kappa shape index (κ2) is 7.51. The largest absolute Gasteiger partial charge is 0.447 e. The first kappa shape index (κ1) is 21.6. The normalized spacial score (nSPS) is 40.4. The summed E-state index contributed by atoms with van der Waals surface area (Å²) in [5.41, 5.74) is -1.41. The molecule has 6 unspecified atom stereocenters. The highest BCUT2D eigenvalue weighted by Crippen LogP contribution is 2.68. The van der Waals surface area contributed by atoms with Gasteiger partial charge in [0.05, 0.1) is 24.1 Å². The first-order chi connectivity index (χ1) is 14.8. The Bertz CT molecular complexity index is 949. The van der Waals surface area contributed by atoms with E-state index in [1.165, 1.54) is 0 Å². The van der Waals surface area contributed by atoms with E-state index in [0.717, 1.165) is 43.3 Å². The quantitative estimate of drug-likeness (QED) is 0.634. The fraction of sp³-hybridized carbons (Fsp3) is 0.680. The number of nitrogens with zero attached hydrogens (tertiary/aromatic N) is 3. The van der Waals surface area contributed by atoms with E-state index >= 15 is 0 Å². The standard InChI is InChI=1S/C25H30N4O2/c1-4-5-17-10-11-25-20(12-17)24(15-28,22(29)31-25)23(13-26,14-27)21(30-25)19-8-6-18(7-9-19)16(2)3/h8,17-18,20-21,29H,2,4-7,9-12H2,1,3H3. The van der Waals surface area contributed by atoms with E-state index in [-0.39, 0.29) is 5.90 Å². The predicted octanol–water partition coefficient (Wildman–Crippen LogP) is 5.15. The van der Waals surface area contributed by atoms with Crippen molar-refractivity contribution in [3.8, 4) is 18.2 Å². The number of ether oxygens (including phenoxy) is 2. The molecule has 1 saturated carbocycles. The Hall–Kier alpha value is -2.62. The van der Waals surface area contributed by atoms with Crippen LogP contribution in [0.15, 0.2) is 23.8 Å². The van der Waals surface area contributed by atoms with Crippen LogP contribution >= 0.6 is 0 Å². The molecule has 31 heavy (non-hydrogen) atoms. The molecule has 0 spiro atoms. The molecule has 0 radical (unpaired) electrons. The number of nitrogens with one attached hydrogen (secondary N) is 1. The smallest absolute Gasteiger partial charge is 0.217 e. The van der Waals surface area contributed by atoms with Crippen LogP contribution in [-0.4, -0.2) is 17.8 Å². The summed E-state index contributed by atoms with van der Waals surface area (Å²) in [5.74, 6) is -1.08. The van der Waals surface area contributed by atoms with Crippen LogP contribution in [0, 0.1) is 68.0 Å². The monoisotopic (exact) mass is 418 g/mol. The lowest BCUT2D eigenvalue weighted by molar-refractivity contribution is -0.288. The van der Waals surface area contributed by atoms with Gasteiger partial charge in [-0.1, -0.05) is 38.0 Å². The maximum Gasteiger partial charge on any atom is 0.217 e. The Morgan fingerprint density at radius 1 is 1.26 bits per heavy atom. The number of allylic oxidation sites excluding steroid dienone is 2. The summed E-state index contributed by atoms with van der Waals surface area (Å²) in [5, 5.41) is 39.9. The molecule has 1 N–H and O–H groups in total. The molecular formula is C25H30N4O2. The molecule has 0 aromatic heterocycles. The molecule has 2 heterocycles. The third kappa shape index (κ3) is 2.73. The molecule has 0 aromatic carbocycles. The minimum absolute atomic E-state index is 0.265. The van der Waals surface area contributed by atoms with Gasteiger partial charge in [0.2, 0.25) is 17.1 Å². The van der Waals surface area contributed by atoms with Crippen molar-refractivity contribution >= 4 is 5.90 Å². The van der Waals surface area contributed by atoms with Gasteiger partial charge in [0.1, 0.15) is 6.10 Å². The maximum atomic E-state index is 10.5. The van der Waals surface area contributed by atoms with Crippen LogP contribution in [0.4, 0.5) is 0 Å². The van der Waals surface area contributed by atoms with Crippen molar-refractivity contribution in [2.45, 2.75) is 77.1 Å². The minimum Gasteiger partial charge on any atom is -0.447 e. The first-order valence-electron chi connectivity index (χ1n) is 11.4. The van der Waals surface area contributed by atoms with Crippen molar-refractivity contribution in [2.75, 3.05) is 0 Å². The molecule has 6 heteroatoms. The lowest BCUT2D eigenvalue weighted by Gasteiger charge is -2.53. The fourth-order valence-corrected chi connectivity index (χ4v) is 6.46. The summed E-state index contributed by atoms with van der Waals surface area (Å²) < 4.78 is 12.6. The van der Waals surface area contributed by atoms with Crippen LogP contribution in [0.5, 0.6) is 0 Å². The summed E-state index contributed by atoms with van der Waals surface area (Å²) in [6.07, 6.45) is 7.70. The van der Waals surface area contributed by atoms with Gasteiger partial charge in [0.15, 0.2) is 5.41 Å². The van der Waals surface area contributed by atoms with Gasteiger partial charge in [0, 0.05) is 6.42 Å². The lowest BCUT2D eigenvalue weighted by atomic mass is 9.50. The molecule has 4 rings (SSSR count). The van der Waals surface area contributed by atoms with Crippen molar-refractivity contribution in [3.05, 3.63) is 23.8 Å². The van der Waals surface area contributed by atoms with Crippen molar-refractivity contribution in [2.24, 2.45) is 28.6 Å². The van der Waals surface area contributed by atoms with Crippen LogP contribution in [0.1, 0.15) is 65.2 Å². The predicted molar refractivity (Wildman–Crippen MR) is 114 cm³/mol. The highest BCUT2D eigenvalue weighted by molar-refractivity contribution is 5.89. The molecule has 3 fully saturated rings.